The zero-order valence-corrected chi connectivity index (χ0v) is 14.7. The fourth-order valence-electron chi connectivity index (χ4n) is 2.66. The number of aromatic nitrogens is 2. The van der Waals surface area contributed by atoms with E-state index < -0.39 is 16.4 Å². The summed E-state index contributed by atoms with van der Waals surface area (Å²) in [5.41, 5.74) is 1.48. The number of aromatic amines is 1. The number of H-pyrrole nitrogens is 1. The number of aliphatic hydroxyl groups excluding tert-OH is 1. The van der Waals surface area contributed by atoms with Gasteiger partial charge < -0.3 is 10.1 Å². The van der Waals surface area contributed by atoms with Gasteiger partial charge in [-0.15, -0.1) is 0 Å². The molecule has 138 valence electrons. The minimum atomic E-state index is -3.69. The molecule has 0 amide bonds. The second-order valence-electron chi connectivity index (χ2n) is 5.72. The molecule has 0 saturated heterocycles. The van der Waals surface area contributed by atoms with Gasteiger partial charge in [-0.05, 0) is 35.4 Å². The van der Waals surface area contributed by atoms with Crippen LogP contribution >= 0.6 is 0 Å². The number of nitrogens with zero attached hydrogens (tertiary/aromatic N) is 2. The topological polar surface area (TPSA) is 86.3 Å². The molecule has 3 rings (SSSR count). The Morgan fingerprint density at radius 2 is 1.92 bits per heavy atom. The van der Waals surface area contributed by atoms with E-state index in [-0.39, 0.29) is 23.7 Å². The van der Waals surface area contributed by atoms with Gasteiger partial charge in [0, 0.05) is 25.2 Å². The van der Waals surface area contributed by atoms with Gasteiger partial charge in [-0.3, -0.25) is 0 Å². The highest BCUT2D eigenvalue weighted by Gasteiger charge is 2.20. The first kappa shape index (κ1) is 18.4. The van der Waals surface area contributed by atoms with Crippen LogP contribution in [0.5, 0.6) is 0 Å². The molecule has 2 N–H and O–H groups in total. The number of hydrogen-bond donors (Lipinski definition) is 2. The molecule has 0 aliphatic rings. The van der Waals surface area contributed by atoms with E-state index in [1.165, 1.54) is 31.4 Å². The summed E-state index contributed by atoms with van der Waals surface area (Å²) >= 11 is 0. The highest BCUT2D eigenvalue weighted by molar-refractivity contribution is 7.89. The summed E-state index contributed by atoms with van der Waals surface area (Å²) in [6.07, 6.45) is -1.13. The Bertz CT molecular complexity index is 1020. The third-order valence-corrected chi connectivity index (χ3v) is 5.95. The van der Waals surface area contributed by atoms with Crippen LogP contribution in [0, 0.1) is 0 Å². The van der Waals surface area contributed by atoms with Crippen molar-refractivity contribution in [1.29, 1.82) is 0 Å². The Labute approximate surface area is 149 Å². The van der Waals surface area contributed by atoms with Gasteiger partial charge in [-0.1, -0.05) is 12.1 Å². The Hall–Kier alpha value is -2.36. The number of fused-ring (bicyclic) bond motifs is 1. The van der Waals surface area contributed by atoms with Crippen molar-refractivity contribution in [2.75, 3.05) is 20.2 Å². The molecular weight excluding hydrogens is 364 g/mol. The molecule has 0 aliphatic heterocycles. The van der Waals surface area contributed by atoms with Gasteiger partial charge >= 0.3 is 0 Å². The summed E-state index contributed by atoms with van der Waals surface area (Å²) in [5.74, 6) is 0. The van der Waals surface area contributed by atoms with Crippen LogP contribution in [0.1, 0.15) is 12.1 Å². The molecule has 0 atom stereocenters. The first-order valence-electron chi connectivity index (χ1n) is 7.78. The van der Waals surface area contributed by atoms with E-state index in [2.05, 4.69) is 9.97 Å². The fraction of sp³-hybridized carbons (Fsp3) is 0.235. The number of aliphatic hydroxyl groups is 1. The predicted molar refractivity (Wildman–Crippen MR) is 93.4 cm³/mol. The number of benzene rings is 1. The zero-order valence-electron chi connectivity index (χ0n) is 13.9. The van der Waals surface area contributed by atoms with Crippen LogP contribution in [0.25, 0.3) is 22.2 Å². The molecule has 3 aromatic rings. The van der Waals surface area contributed by atoms with Gasteiger partial charge in [0.05, 0.1) is 17.2 Å². The third kappa shape index (κ3) is 3.33. The summed E-state index contributed by atoms with van der Waals surface area (Å²) in [5, 5.41) is 9.45. The predicted octanol–water partition coefficient (Wildman–Crippen LogP) is 2.78. The molecule has 0 spiro atoms. The highest BCUT2D eigenvalue weighted by Crippen LogP contribution is 2.31. The lowest BCUT2D eigenvalue weighted by molar-refractivity contribution is 0.147. The summed E-state index contributed by atoms with van der Waals surface area (Å²) in [4.78, 5) is 6.73. The first-order valence-corrected chi connectivity index (χ1v) is 9.22. The molecule has 0 bridgehead atoms. The molecule has 1 aromatic carbocycles. The monoisotopic (exact) mass is 381 g/mol. The van der Waals surface area contributed by atoms with Gasteiger partial charge in [0.15, 0.2) is 0 Å². The van der Waals surface area contributed by atoms with Crippen LogP contribution < -0.4 is 0 Å². The molecule has 9 heteroatoms. The molecule has 0 fully saturated rings. The maximum absolute atomic E-state index is 12.9. The number of alkyl halides is 2. The van der Waals surface area contributed by atoms with Crippen molar-refractivity contribution in [2.45, 2.75) is 11.3 Å². The summed E-state index contributed by atoms with van der Waals surface area (Å²) < 4.78 is 51.6. The number of rotatable bonds is 6. The van der Waals surface area contributed by atoms with E-state index in [1.807, 2.05) is 0 Å². The molecule has 0 aliphatic carbocycles. The second-order valence-corrected chi connectivity index (χ2v) is 7.77. The quantitative estimate of drug-likeness (QED) is 0.687. The lowest BCUT2D eigenvalue weighted by Gasteiger charge is -2.16. The minimum absolute atomic E-state index is 0.00514. The summed E-state index contributed by atoms with van der Waals surface area (Å²) in [6.45, 7) is -0.280. The number of hydrogen-bond acceptors (Lipinski definition) is 4. The van der Waals surface area contributed by atoms with Gasteiger partial charge in [-0.2, -0.15) is 4.31 Å². The molecule has 2 aromatic heterocycles. The van der Waals surface area contributed by atoms with Crippen LogP contribution in [-0.4, -0.2) is 48.0 Å². The smallest absolute Gasteiger partial charge is 0.278 e. The van der Waals surface area contributed by atoms with Gasteiger partial charge in [-0.25, -0.2) is 22.2 Å². The van der Waals surface area contributed by atoms with Crippen LogP contribution in [0.4, 0.5) is 8.78 Å². The number of halogens is 2. The number of sulfonamides is 1. The average Bonchev–Trinajstić information content (AvgIpc) is 3.06. The molecule has 0 radical (unpaired) electrons. The van der Waals surface area contributed by atoms with Crippen molar-refractivity contribution in [3.05, 3.63) is 48.3 Å². The lowest BCUT2D eigenvalue weighted by atomic mass is 10.0. The van der Waals surface area contributed by atoms with E-state index in [0.717, 1.165) is 4.31 Å². The van der Waals surface area contributed by atoms with Gasteiger partial charge in [0.1, 0.15) is 5.65 Å². The number of likely N-dealkylation sites (N-methyl/N-ethyl adjacent to an activating group) is 1. The fourth-order valence-corrected chi connectivity index (χ4v) is 3.83. The zero-order chi connectivity index (χ0) is 18.9. The molecule has 0 saturated carbocycles. The van der Waals surface area contributed by atoms with Crippen LogP contribution in [0.15, 0.2) is 47.5 Å². The van der Waals surface area contributed by atoms with Crippen molar-refractivity contribution < 1.29 is 22.3 Å². The van der Waals surface area contributed by atoms with Gasteiger partial charge in [0.25, 0.3) is 6.43 Å². The standard InChI is InChI=1S/C17H17F2N3O3S/c1-22(8-9-23)26(24,25)12-4-2-11(3-5-12)13-6-7-20-17-14(13)10-15(21-17)16(18)19/h2-7,10,16,23H,8-9H2,1H3,(H,20,21). The molecule has 26 heavy (non-hydrogen) atoms. The highest BCUT2D eigenvalue weighted by atomic mass is 32.2. The first-order chi connectivity index (χ1) is 12.3. The summed E-state index contributed by atoms with van der Waals surface area (Å²) in [7, 11) is -2.31. The van der Waals surface area contributed by atoms with Crippen molar-refractivity contribution >= 4 is 21.1 Å². The normalized spacial score (nSPS) is 12.4. The molecule has 6 nitrogen and oxygen atoms in total. The lowest BCUT2D eigenvalue weighted by Crippen LogP contribution is -2.29. The van der Waals surface area contributed by atoms with Gasteiger partial charge in [0.2, 0.25) is 10.0 Å². The van der Waals surface area contributed by atoms with E-state index in [9.17, 15) is 17.2 Å². The van der Waals surface area contributed by atoms with Crippen molar-refractivity contribution in [2.24, 2.45) is 0 Å². The Balaban J connectivity index is 2.00. The maximum Gasteiger partial charge on any atom is 0.278 e. The van der Waals surface area contributed by atoms with Crippen molar-refractivity contribution in [1.82, 2.24) is 14.3 Å². The molecule has 2 heterocycles. The summed E-state index contributed by atoms with van der Waals surface area (Å²) in [6, 6.07) is 9.17. The van der Waals surface area contributed by atoms with Crippen LogP contribution in [0.3, 0.4) is 0 Å². The molecule has 0 unspecified atom stereocenters. The van der Waals surface area contributed by atoms with Crippen molar-refractivity contribution in [3.8, 4) is 11.1 Å². The van der Waals surface area contributed by atoms with E-state index in [0.29, 0.717) is 22.2 Å². The Morgan fingerprint density at radius 3 is 2.54 bits per heavy atom. The Morgan fingerprint density at radius 1 is 1.23 bits per heavy atom. The third-order valence-electron chi connectivity index (χ3n) is 4.08. The number of nitrogens with one attached hydrogen (secondary N) is 1. The van der Waals surface area contributed by atoms with Crippen molar-refractivity contribution in [3.63, 3.8) is 0 Å². The largest absolute Gasteiger partial charge is 0.395 e. The van der Waals surface area contributed by atoms with Crippen LogP contribution in [-0.2, 0) is 10.0 Å². The Kier molecular flexibility index (Phi) is 5.03. The molecular formula is C17H17F2N3O3S. The van der Waals surface area contributed by atoms with E-state index in [1.54, 1.807) is 18.2 Å². The second kappa shape index (κ2) is 7.10. The van der Waals surface area contributed by atoms with Crippen LogP contribution in [0.2, 0.25) is 0 Å². The SMILES string of the molecule is CN(CCO)S(=O)(=O)c1ccc(-c2ccnc3[nH]c(C(F)F)cc23)cc1. The minimum Gasteiger partial charge on any atom is -0.395 e. The average molecular weight is 381 g/mol. The van der Waals surface area contributed by atoms with E-state index in [4.69, 9.17) is 5.11 Å². The number of pyridine rings is 1. The van der Waals surface area contributed by atoms with E-state index >= 15 is 0 Å². The maximum atomic E-state index is 12.9.